The van der Waals surface area contributed by atoms with E-state index in [9.17, 15) is 4.79 Å². The Hall–Kier alpha value is -2.20. The van der Waals surface area contributed by atoms with Crippen LogP contribution in [-0.2, 0) is 0 Å². The monoisotopic (exact) mass is 289 g/mol. The fourth-order valence-corrected chi connectivity index (χ4v) is 2.00. The second-order valence-electron chi connectivity index (χ2n) is 4.63. The molecule has 5 heteroatoms. The van der Waals surface area contributed by atoms with Gasteiger partial charge in [-0.05, 0) is 42.5 Å². The zero-order valence-corrected chi connectivity index (χ0v) is 12.1. The number of carbonyl (C=O) groups excluding carboxylic acids is 1. The lowest BCUT2D eigenvalue weighted by Gasteiger charge is -2.18. The van der Waals surface area contributed by atoms with Crippen LogP contribution in [0.1, 0.15) is 10.4 Å². The van der Waals surface area contributed by atoms with Gasteiger partial charge in [-0.1, -0.05) is 11.6 Å². The summed E-state index contributed by atoms with van der Waals surface area (Å²) in [6, 6.07) is 12.1. The van der Waals surface area contributed by atoms with E-state index in [0.717, 1.165) is 5.69 Å². The minimum Gasteiger partial charge on any atom is -0.399 e. The van der Waals surface area contributed by atoms with Gasteiger partial charge < -0.3 is 16.0 Å². The van der Waals surface area contributed by atoms with Crippen molar-refractivity contribution in [2.45, 2.75) is 0 Å². The topological polar surface area (TPSA) is 58.4 Å². The SMILES string of the molecule is CN(C)c1ccc(Cl)cc1NC(=O)c1ccc(N)cc1. The average molecular weight is 290 g/mol. The number of benzene rings is 2. The van der Waals surface area contributed by atoms with Crippen LogP contribution in [0.5, 0.6) is 0 Å². The molecule has 2 aromatic rings. The molecule has 2 aromatic carbocycles. The maximum absolute atomic E-state index is 12.2. The van der Waals surface area contributed by atoms with E-state index < -0.39 is 0 Å². The third kappa shape index (κ3) is 3.22. The average Bonchev–Trinajstić information content (AvgIpc) is 2.39. The summed E-state index contributed by atoms with van der Waals surface area (Å²) >= 11 is 5.99. The Morgan fingerprint density at radius 1 is 1.15 bits per heavy atom. The predicted molar refractivity (Wildman–Crippen MR) is 84.6 cm³/mol. The molecule has 0 bridgehead atoms. The molecule has 0 saturated carbocycles. The maximum atomic E-state index is 12.2. The molecule has 0 aliphatic rings. The number of amides is 1. The Bertz CT molecular complexity index is 624. The number of nitrogens with zero attached hydrogens (tertiary/aromatic N) is 1. The number of rotatable bonds is 3. The van der Waals surface area contributed by atoms with E-state index in [-0.39, 0.29) is 5.91 Å². The summed E-state index contributed by atoms with van der Waals surface area (Å²) in [5, 5.41) is 3.43. The first kappa shape index (κ1) is 14.2. The highest BCUT2D eigenvalue weighted by Crippen LogP contribution is 2.28. The lowest BCUT2D eigenvalue weighted by Crippen LogP contribution is -2.16. The Kier molecular flexibility index (Phi) is 4.15. The van der Waals surface area contributed by atoms with Gasteiger partial charge in [0.2, 0.25) is 0 Å². The van der Waals surface area contributed by atoms with Crippen molar-refractivity contribution >= 4 is 34.6 Å². The fourth-order valence-electron chi connectivity index (χ4n) is 1.83. The predicted octanol–water partition coefficient (Wildman–Crippen LogP) is 3.24. The molecule has 0 aliphatic heterocycles. The van der Waals surface area contributed by atoms with Crippen molar-refractivity contribution in [1.82, 2.24) is 0 Å². The highest BCUT2D eigenvalue weighted by molar-refractivity contribution is 6.31. The van der Waals surface area contributed by atoms with Crippen LogP contribution in [0.15, 0.2) is 42.5 Å². The molecule has 0 radical (unpaired) electrons. The van der Waals surface area contributed by atoms with Crippen LogP contribution in [-0.4, -0.2) is 20.0 Å². The van der Waals surface area contributed by atoms with Crippen LogP contribution in [0.25, 0.3) is 0 Å². The van der Waals surface area contributed by atoms with Crippen LogP contribution in [0.4, 0.5) is 17.1 Å². The third-order valence-electron chi connectivity index (χ3n) is 2.86. The van der Waals surface area contributed by atoms with E-state index >= 15 is 0 Å². The largest absolute Gasteiger partial charge is 0.399 e. The van der Waals surface area contributed by atoms with Gasteiger partial charge in [0.25, 0.3) is 5.91 Å². The van der Waals surface area contributed by atoms with E-state index in [2.05, 4.69) is 5.32 Å². The van der Waals surface area contributed by atoms with Crippen molar-refractivity contribution in [2.24, 2.45) is 0 Å². The molecule has 104 valence electrons. The van der Waals surface area contributed by atoms with Gasteiger partial charge in [-0.3, -0.25) is 4.79 Å². The van der Waals surface area contributed by atoms with Gasteiger partial charge in [-0.2, -0.15) is 0 Å². The zero-order chi connectivity index (χ0) is 14.7. The first-order valence-corrected chi connectivity index (χ1v) is 6.49. The molecule has 0 saturated heterocycles. The van der Waals surface area contributed by atoms with Gasteiger partial charge in [0, 0.05) is 30.4 Å². The molecular weight excluding hydrogens is 274 g/mol. The lowest BCUT2D eigenvalue weighted by molar-refractivity contribution is 0.102. The highest BCUT2D eigenvalue weighted by Gasteiger charge is 2.11. The third-order valence-corrected chi connectivity index (χ3v) is 3.10. The van der Waals surface area contributed by atoms with Gasteiger partial charge in [-0.15, -0.1) is 0 Å². The van der Waals surface area contributed by atoms with Gasteiger partial charge in [-0.25, -0.2) is 0 Å². The summed E-state index contributed by atoms with van der Waals surface area (Å²) in [5.74, 6) is -0.199. The molecule has 0 heterocycles. The summed E-state index contributed by atoms with van der Waals surface area (Å²) < 4.78 is 0. The molecular formula is C15H16ClN3O. The first-order chi connectivity index (χ1) is 9.47. The number of nitrogens with two attached hydrogens (primary N) is 1. The summed E-state index contributed by atoms with van der Waals surface area (Å²) in [7, 11) is 3.81. The summed E-state index contributed by atoms with van der Waals surface area (Å²) in [6.45, 7) is 0. The second kappa shape index (κ2) is 5.84. The Labute approximate surface area is 123 Å². The van der Waals surface area contributed by atoms with E-state index in [1.54, 1.807) is 36.4 Å². The zero-order valence-electron chi connectivity index (χ0n) is 11.4. The molecule has 20 heavy (non-hydrogen) atoms. The quantitative estimate of drug-likeness (QED) is 0.853. The van der Waals surface area contributed by atoms with Crippen LogP contribution in [0.3, 0.4) is 0 Å². The van der Waals surface area contributed by atoms with Crippen molar-refractivity contribution in [3.05, 3.63) is 53.1 Å². The van der Waals surface area contributed by atoms with Crippen molar-refractivity contribution in [3.8, 4) is 0 Å². The molecule has 1 amide bonds. The number of halogens is 1. The second-order valence-corrected chi connectivity index (χ2v) is 5.07. The van der Waals surface area contributed by atoms with E-state index in [1.807, 2.05) is 25.1 Å². The van der Waals surface area contributed by atoms with Gasteiger partial charge in [0.05, 0.1) is 11.4 Å². The van der Waals surface area contributed by atoms with Crippen LogP contribution >= 0.6 is 11.6 Å². The van der Waals surface area contributed by atoms with E-state index in [4.69, 9.17) is 17.3 Å². The van der Waals surface area contributed by atoms with Crippen LogP contribution in [0, 0.1) is 0 Å². The molecule has 0 atom stereocenters. The smallest absolute Gasteiger partial charge is 0.255 e. The normalized spacial score (nSPS) is 10.2. The fraction of sp³-hybridized carbons (Fsp3) is 0.133. The molecule has 3 N–H and O–H groups in total. The number of hydrogen-bond donors (Lipinski definition) is 2. The van der Waals surface area contributed by atoms with Gasteiger partial charge >= 0.3 is 0 Å². The van der Waals surface area contributed by atoms with Crippen molar-refractivity contribution in [2.75, 3.05) is 30.0 Å². The molecule has 0 aromatic heterocycles. The molecule has 4 nitrogen and oxygen atoms in total. The molecule has 2 rings (SSSR count). The lowest BCUT2D eigenvalue weighted by atomic mass is 10.2. The number of nitrogens with one attached hydrogen (secondary N) is 1. The Morgan fingerprint density at radius 3 is 2.40 bits per heavy atom. The Balaban J connectivity index is 2.27. The molecule has 0 aliphatic carbocycles. The van der Waals surface area contributed by atoms with Crippen molar-refractivity contribution < 1.29 is 4.79 Å². The number of hydrogen-bond acceptors (Lipinski definition) is 3. The van der Waals surface area contributed by atoms with Gasteiger partial charge in [0.1, 0.15) is 0 Å². The Morgan fingerprint density at radius 2 is 1.80 bits per heavy atom. The van der Waals surface area contributed by atoms with Crippen LogP contribution < -0.4 is 16.0 Å². The van der Waals surface area contributed by atoms with Gasteiger partial charge in [0.15, 0.2) is 0 Å². The number of nitrogen functional groups attached to an aromatic ring is 1. The molecule has 0 unspecified atom stereocenters. The first-order valence-electron chi connectivity index (χ1n) is 6.11. The van der Waals surface area contributed by atoms with Crippen molar-refractivity contribution in [1.29, 1.82) is 0 Å². The molecule has 0 spiro atoms. The molecule has 0 fully saturated rings. The van der Waals surface area contributed by atoms with E-state index in [0.29, 0.717) is 22.0 Å². The maximum Gasteiger partial charge on any atom is 0.255 e. The van der Waals surface area contributed by atoms with E-state index in [1.165, 1.54) is 0 Å². The number of carbonyl (C=O) groups is 1. The minimum absolute atomic E-state index is 0.199. The highest BCUT2D eigenvalue weighted by atomic mass is 35.5. The summed E-state index contributed by atoms with van der Waals surface area (Å²) in [6.07, 6.45) is 0. The van der Waals surface area contributed by atoms with Crippen LogP contribution in [0.2, 0.25) is 5.02 Å². The summed E-state index contributed by atoms with van der Waals surface area (Å²) in [4.78, 5) is 14.1. The summed E-state index contributed by atoms with van der Waals surface area (Å²) in [5.41, 5.74) is 8.33. The van der Waals surface area contributed by atoms with Crippen molar-refractivity contribution in [3.63, 3.8) is 0 Å². The number of anilines is 3. The standard InChI is InChI=1S/C15H16ClN3O/c1-19(2)14-8-5-11(16)9-13(14)18-15(20)10-3-6-12(17)7-4-10/h3-9H,17H2,1-2H3,(H,18,20). The minimum atomic E-state index is -0.199.